The Morgan fingerprint density at radius 1 is 1.36 bits per heavy atom. The molecule has 2 atom stereocenters. The van der Waals surface area contributed by atoms with E-state index in [1.165, 1.54) is 0 Å². The van der Waals surface area contributed by atoms with E-state index in [2.05, 4.69) is 15.9 Å². The zero-order valence-electron chi connectivity index (χ0n) is 12.5. The lowest BCUT2D eigenvalue weighted by Gasteiger charge is -2.25. The maximum atomic E-state index is 13.4. The summed E-state index contributed by atoms with van der Waals surface area (Å²) >= 11 is 3.30. The molecule has 2 amide bonds. The molecule has 7 heteroatoms. The van der Waals surface area contributed by atoms with Crippen LogP contribution in [0.25, 0.3) is 0 Å². The van der Waals surface area contributed by atoms with Crippen LogP contribution < -0.4 is 0 Å². The number of benzene rings is 1. The maximum Gasteiger partial charge on any atom is 0.420 e. The summed E-state index contributed by atoms with van der Waals surface area (Å²) in [7, 11) is 0. The Morgan fingerprint density at radius 2 is 1.95 bits per heavy atom. The van der Waals surface area contributed by atoms with Crippen molar-refractivity contribution in [3.05, 3.63) is 34.3 Å². The van der Waals surface area contributed by atoms with Crippen molar-refractivity contribution in [1.82, 2.24) is 4.90 Å². The van der Waals surface area contributed by atoms with Gasteiger partial charge in [0, 0.05) is 4.47 Å². The molecule has 1 heterocycles. The molecule has 0 saturated carbocycles. The molecule has 0 radical (unpaired) electrons. The second-order valence-electron chi connectivity index (χ2n) is 5.93. The number of hydrogen-bond acceptors (Lipinski definition) is 4. The van der Waals surface area contributed by atoms with Gasteiger partial charge in [0.05, 0.1) is 0 Å². The summed E-state index contributed by atoms with van der Waals surface area (Å²) in [6, 6.07) is 5.90. The molecular formula is C15H17BrFNO4. The first-order valence-electron chi connectivity index (χ1n) is 6.77. The molecule has 120 valence electrons. The van der Waals surface area contributed by atoms with E-state index in [4.69, 9.17) is 9.47 Å². The molecule has 1 aliphatic heterocycles. The second kappa shape index (κ2) is 6.24. The fourth-order valence-corrected chi connectivity index (χ4v) is 2.39. The van der Waals surface area contributed by atoms with Crippen LogP contribution >= 0.6 is 15.9 Å². The number of alkyl halides is 1. The smallest absolute Gasteiger partial charge is 0.420 e. The van der Waals surface area contributed by atoms with Gasteiger partial charge < -0.3 is 9.47 Å². The normalized spacial score (nSPS) is 21.7. The van der Waals surface area contributed by atoms with Crippen molar-refractivity contribution in [2.45, 2.75) is 38.5 Å². The third-order valence-corrected chi connectivity index (χ3v) is 3.58. The topological polar surface area (TPSA) is 55.8 Å². The predicted molar refractivity (Wildman–Crippen MR) is 81.2 cm³/mol. The minimum absolute atomic E-state index is 0.616. The zero-order chi connectivity index (χ0) is 16.5. The number of rotatable bonds is 2. The molecule has 22 heavy (non-hydrogen) atoms. The highest BCUT2D eigenvalue weighted by Gasteiger charge is 2.47. The zero-order valence-corrected chi connectivity index (χ0v) is 14.1. The lowest BCUT2D eigenvalue weighted by molar-refractivity contribution is 0.0269. The Bertz CT molecular complexity index is 570. The highest BCUT2D eigenvalue weighted by molar-refractivity contribution is 9.10. The first kappa shape index (κ1) is 16.7. The minimum Gasteiger partial charge on any atom is -0.443 e. The van der Waals surface area contributed by atoms with Crippen LogP contribution in [0.1, 0.15) is 32.4 Å². The molecule has 1 aromatic carbocycles. The molecule has 1 saturated heterocycles. The lowest BCUT2D eigenvalue weighted by Crippen LogP contribution is -2.43. The number of ether oxygens (including phenoxy) is 2. The molecular weight excluding hydrogens is 357 g/mol. The summed E-state index contributed by atoms with van der Waals surface area (Å²) in [6.45, 7) is 4.10. The summed E-state index contributed by atoms with van der Waals surface area (Å²) in [5, 5.41) is 0. The van der Waals surface area contributed by atoms with Gasteiger partial charge in [-0.05, 0) is 38.5 Å². The fraction of sp³-hybridized carbons (Fsp3) is 0.467. The molecule has 0 N–H and O–H groups in total. The highest BCUT2D eigenvalue weighted by atomic mass is 79.9. The van der Waals surface area contributed by atoms with Gasteiger partial charge in [0.2, 0.25) is 0 Å². The number of carbonyl (C=O) groups is 2. The van der Waals surface area contributed by atoms with E-state index in [-0.39, 0.29) is 0 Å². The largest absolute Gasteiger partial charge is 0.443 e. The van der Waals surface area contributed by atoms with Gasteiger partial charge in [0.25, 0.3) is 0 Å². The molecule has 1 fully saturated rings. The number of nitrogens with zero attached hydrogens (tertiary/aromatic N) is 1. The third kappa shape index (κ3) is 3.58. The molecule has 1 aromatic rings. The molecule has 0 aromatic heterocycles. The average molecular weight is 374 g/mol. The maximum absolute atomic E-state index is 13.4. The summed E-state index contributed by atoms with van der Waals surface area (Å²) in [5.41, 5.74) is -0.168. The quantitative estimate of drug-likeness (QED) is 0.778. The van der Waals surface area contributed by atoms with Gasteiger partial charge in [-0.15, -0.1) is 0 Å². The number of amides is 2. The Balaban J connectivity index is 2.24. The number of hydrogen-bond donors (Lipinski definition) is 0. The third-order valence-electron chi connectivity index (χ3n) is 3.05. The molecule has 5 nitrogen and oxygen atoms in total. The second-order valence-corrected chi connectivity index (χ2v) is 6.84. The molecule has 2 rings (SSSR count). The van der Waals surface area contributed by atoms with E-state index in [1.807, 2.05) is 0 Å². The van der Waals surface area contributed by atoms with Gasteiger partial charge in [-0.3, -0.25) is 0 Å². The predicted octanol–water partition coefficient (Wildman–Crippen LogP) is 4.22. The van der Waals surface area contributed by atoms with Gasteiger partial charge >= 0.3 is 12.2 Å². The van der Waals surface area contributed by atoms with Crippen molar-refractivity contribution in [1.29, 1.82) is 0 Å². The van der Waals surface area contributed by atoms with E-state index in [0.29, 0.717) is 10.5 Å². The van der Waals surface area contributed by atoms with Crippen molar-refractivity contribution in [3.63, 3.8) is 0 Å². The molecule has 0 spiro atoms. The van der Waals surface area contributed by atoms with Gasteiger partial charge in [-0.1, -0.05) is 28.1 Å². The monoisotopic (exact) mass is 373 g/mol. The first-order valence-corrected chi connectivity index (χ1v) is 7.56. The van der Waals surface area contributed by atoms with E-state index in [9.17, 15) is 14.0 Å². The van der Waals surface area contributed by atoms with E-state index in [1.54, 1.807) is 45.0 Å². The van der Waals surface area contributed by atoms with Crippen LogP contribution in [0.4, 0.5) is 14.0 Å². The lowest BCUT2D eigenvalue weighted by atomic mass is 10.0. The van der Waals surface area contributed by atoms with Crippen LogP contribution in [0.3, 0.4) is 0 Å². The summed E-state index contributed by atoms with van der Waals surface area (Å²) in [6.07, 6.45) is -2.65. The number of halogens is 2. The van der Waals surface area contributed by atoms with Gasteiger partial charge in [0.15, 0.2) is 6.10 Å². The highest BCUT2D eigenvalue weighted by Crippen LogP contribution is 2.34. The summed E-state index contributed by atoms with van der Waals surface area (Å²) in [4.78, 5) is 24.8. The van der Waals surface area contributed by atoms with Crippen LogP contribution in [-0.4, -0.2) is 35.4 Å². The van der Waals surface area contributed by atoms with Crippen LogP contribution in [0, 0.1) is 0 Å². The van der Waals surface area contributed by atoms with Crippen LogP contribution in [0.5, 0.6) is 0 Å². The van der Waals surface area contributed by atoms with E-state index >= 15 is 0 Å². The Labute approximate surface area is 136 Å². The molecule has 0 aliphatic carbocycles. The standard InChI is InChI=1S/C15H17BrFNO4/c1-15(2,3)22-14(20)18-11(8-17)12(21-13(18)19)9-4-6-10(16)7-5-9/h4-7,11-12H,8H2,1-3H3. The average Bonchev–Trinajstić information content (AvgIpc) is 2.74. The minimum atomic E-state index is -1.04. The first-order chi connectivity index (χ1) is 10.2. The van der Waals surface area contributed by atoms with Gasteiger partial charge in [0.1, 0.15) is 18.3 Å². The van der Waals surface area contributed by atoms with Crippen LogP contribution in [0.15, 0.2) is 28.7 Å². The SMILES string of the molecule is CC(C)(C)OC(=O)N1C(=O)OC(c2ccc(Br)cc2)C1CF. The number of cyclic esters (lactones) is 1. The van der Waals surface area contributed by atoms with Crippen molar-refractivity contribution in [3.8, 4) is 0 Å². The van der Waals surface area contributed by atoms with Gasteiger partial charge in [-0.25, -0.2) is 18.9 Å². The molecule has 0 bridgehead atoms. The van der Waals surface area contributed by atoms with Crippen LogP contribution in [-0.2, 0) is 9.47 Å². The fourth-order valence-electron chi connectivity index (χ4n) is 2.13. The Hall–Kier alpha value is -1.63. The molecule has 1 aliphatic rings. The Morgan fingerprint density at radius 3 is 2.45 bits per heavy atom. The van der Waals surface area contributed by atoms with Crippen LogP contribution in [0.2, 0.25) is 0 Å². The van der Waals surface area contributed by atoms with Gasteiger partial charge in [-0.2, -0.15) is 0 Å². The van der Waals surface area contributed by atoms with Crippen molar-refractivity contribution >= 4 is 28.1 Å². The summed E-state index contributed by atoms with van der Waals surface area (Å²) < 4.78 is 24.6. The van der Waals surface area contributed by atoms with E-state index in [0.717, 1.165) is 4.47 Å². The number of carbonyl (C=O) groups excluding carboxylic acids is 2. The van der Waals surface area contributed by atoms with E-state index < -0.39 is 36.6 Å². The van der Waals surface area contributed by atoms with Crippen molar-refractivity contribution in [2.75, 3.05) is 6.67 Å². The summed E-state index contributed by atoms with van der Waals surface area (Å²) in [5.74, 6) is 0. The number of imide groups is 1. The van der Waals surface area contributed by atoms with Crippen molar-refractivity contribution in [2.24, 2.45) is 0 Å². The van der Waals surface area contributed by atoms with Crippen molar-refractivity contribution < 1.29 is 23.5 Å². The molecule has 2 unspecified atom stereocenters. The Kier molecular flexibility index (Phi) is 4.75.